The normalized spacial score (nSPS) is 21.3. The molecule has 3 rings (SSSR count). The minimum Gasteiger partial charge on any atom is -0.351 e. The smallest absolute Gasteiger partial charge is 0.314 e. The number of nitrogens with zero attached hydrogens (tertiary/aromatic N) is 3. The molecule has 0 saturated carbocycles. The zero-order valence-electron chi connectivity index (χ0n) is 17.3. The van der Waals surface area contributed by atoms with Crippen LogP contribution in [0.5, 0.6) is 0 Å². The Kier molecular flexibility index (Phi) is 6.19. The fourth-order valence-corrected chi connectivity index (χ4v) is 6.32. The Morgan fingerprint density at radius 2 is 1.55 bits per heavy atom. The Morgan fingerprint density at radius 1 is 0.966 bits per heavy atom. The van der Waals surface area contributed by atoms with Crippen molar-refractivity contribution in [3.05, 3.63) is 28.8 Å². The van der Waals surface area contributed by atoms with Crippen molar-refractivity contribution in [3.8, 4) is 0 Å². The number of hydrogen-bond donors (Lipinski definition) is 1. The van der Waals surface area contributed by atoms with Gasteiger partial charge in [-0.2, -0.15) is 4.31 Å². The third kappa shape index (κ3) is 4.40. The molecule has 0 aromatic heterocycles. The first-order valence-electron chi connectivity index (χ1n) is 10.0. The highest BCUT2D eigenvalue weighted by atomic mass is 32.2. The van der Waals surface area contributed by atoms with Crippen molar-refractivity contribution in [1.82, 2.24) is 14.1 Å². The second-order valence-corrected chi connectivity index (χ2v) is 9.96. The van der Waals surface area contributed by atoms with E-state index in [1.54, 1.807) is 4.90 Å². The van der Waals surface area contributed by atoms with Gasteiger partial charge in [0.1, 0.15) is 0 Å². The van der Waals surface area contributed by atoms with Crippen LogP contribution >= 0.6 is 0 Å². The van der Waals surface area contributed by atoms with Crippen molar-refractivity contribution in [2.75, 3.05) is 39.3 Å². The summed E-state index contributed by atoms with van der Waals surface area (Å²) in [6, 6.07) is 3.27. The molecule has 0 bridgehead atoms. The summed E-state index contributed by atoms with van der Waals surface area (Å²) >= 11 is 0. The molecule has 2 saturated heterocycles. The van der Waals surface area contributed by atoms with E-state index >= 15 is 0 Å². The first-order valence-corrected chi connectivity index (χ1v) is 11.5. The fourth-order valence-electron chi connectivity index (χ4n) is 4.49. The van der Waals surface area contributed by atoms with E-state index in [0.717, 1.165) is 29.5 Å². The van der Waals surface area contributed by atoms with Crippen LogP contribution in [0.2, 0.25) is 0 Å². The molecule has 1 atom stereocenters. The van der Waals surface area contributed by atoms with Gasteiger partial charge in [-0.25, -0.2) is 13.2 Å². The molecule has 2 aliphatic heterocycles. The van der Waals surface area contributed by atoms with E-state index in [-0.39, 0.29) is 24.9 Å². The van der Waals surface area contributed by atoms with Crippen LogP contribution in [0.15, 0.2) is 17.0 Å². The van der Waals surface area contributed by atoms with E-state index in [1.807, 2.05) is 32.9 Å². The average Bonchev–Trinajstić information content (AvgIpc) is 2.66. The summed E-state index contributed by atoms with van der Waals surface area (Å²) in [5.41, 5.74) is 7.88. The molecule has 9 heteroatoms. The lowest BCUT2D eigenvalue weighted by Gasteiger charge is -2.38. The zero-order valence-corrected chi connectivity index (χ0v) is 18.2. The van der Waals surface area contributed by atoms with E-state index < -0.39 is 16.1 Å². The molecule has 29 heavy (non-hydrogen) atoms. The van der Waals surface area contributed by atoms with E-state index in [2.05, 4.69) is 0 Å². The van der Waals surface area contributed by atoms with Crippen LogP contribution in [0, 0.1) is 26.7 Å². The molecular weight excluding hydrogens is 392 g/mol. The van der Waals surface area contributed by atoms with Gasteiger partial charge in [-0.1, -0.05) is 17.7 Å². The number of rotatable bonds is 3. The van der Waals surface area contributed by atoms with Crippen LogP contribution in [-0.4, -0.2) is 73.7 Å². The van der Waals surface area contributed by atoms with Crippen LogP contribution in [-0.2, 0) is 14.8 Å². The lowest BCUT2D eigenvalue weighted by Crippen LogP contribution is -2.54. The molecule has 0 spiro atoms. The van der Waals surface area contributed by atoms with Gasteiger partial charge in [0.2, 0.25) is 15.9 Å². The molecular formula is C20H30N4O4S. The first kappa shape index (κ1) is 21.6. The summed E-state index contributed by atoms with van der Waals surface area (Å²) < 4.78 is 27.9. The van der Waals surface area contributed by atoms with Gasteiger partial charge in [0, 0.05) is 39.3 Å². The quantitative estimate of drug-likeness (QED) is 0.791. The van der Waals surface area contributed by atoms with Crippen molar-refractivity contribution in [3.63, 3.8) is 0 Å². The summed E-state index contributed by atoms with van der Waals surface area (Å²) in [5, 5.41) is 0. The van der Waals surface area contributed by atoms with Crippen LogP contribution in [0.25, 0.3) is 0 Å². The number of carbonyl (C=O) groups excluding carboxylic acids is 2. The molecule has 1 aromatic rings. The third-order valence-corrected chi connectivity index (χ3v) is 8.04. The van der Waals surface area contributed by atoms with E-state index in [1.165, 1.54) is 9.21 Å². The zero-order chi connectivity index (χ0) is 21.3. The van der Waals surface area contributed by atoms with Crippen molar-refractivity contribution < 1.29 is 18.0 Å². The number of urea groups is 1. The maximum atomic E-state index is 13.2. The summed E-state index contributed by atoms with van der Waals surface area (Å²) in [6.45, 7) is 7.77. The molecule has 2 fully saturated rings. The predicted molar refractivity (Wildman–Crippen MR) is 110 cm³/mol. The summed E-state index contributed by atoms with van der Waals surface area (Å²) in [5.74, 6) is -0.281. The molecule has 8 nitrogen and oxygen atoms in total. The maximum absolute atomic E-state index is 13.2. The number of carbonyl (C=O) groups is 2. The summed E-state index contributed by atoms with van der Waals surface area (Å²) in [7, 11) is -3.61. The first-order chi connectivity index (χ1) is 13.6. The van der Waals surface area contributed by atoms with Gasteiger partial charge in [0.15, 0.2) is 0 Å². The maximum Gasteiger partial charge on any atom is 0.314 e. The van der Waals surface area contributed by atoms with Gasteiger partial charge in [-0.05, 0) is 44.7 Å². The van der Waals surface area contributed by atoms with E-state index in [4.69, 9.17) is 5.73 Å². The second-order valence-electron chi connectivity index (χ2n) is 8.08. The second kappa shape index (κ2) is 8.31. The van der Waals surface area contributed by atoms with Gasteiger partial charge < -0.3 is 15.5 Å². The molecule has 160 valence electrons. The van der Waals surface area contributed by atoms with Crippen molar-refractivity contribution in [2.24, 2.45) is 11.7 Å². The van der Waals surface area contributed by atoms with Gasteiger partial charge in [-0.15, -0.1) is 0 Å². The number of benzene rings is 1. The number of primary amides is 1. The number of hydrogen-bond acceptors (Lipinski definition) is 4. The number of piperidine rings is 1. The molecule has 0 radical (unpaired) electrons. The molecule has 1 aromatic carbocycles. The number of nitrogens with two attached hydrogens (primary N) is 1. The fraction of sp³-hybridized carbons (Fsp3) is 0.600. The average molecular weight is 423 g/mol. The van der Waals surface area contributed by atoms with Gasteiger partial charge >= 0.3 is 6.03 Å². The Bertz CT molecular complexity index is 884. The largest absolute Gasteiger partial charge is 0.351 e. The van der Waals surface area contributed by atoms with Crippen molar-refractivity contribution >= 4 is 22.0 Å². The lowest BCUT2D eigenvalue weighted by molar-refractivity contribution is -0.138. The Balaban J connectivity index is 1.67. The predicted octanol–water partition coefficient (Wildman–Crippen LogP) is 1.24. The highest BCUT2D eigenvalue weighted by molar-refractivity contribution is 7.89. The molecule has 2 heterocycles. The molecule has 0 unspecified atom stereocenters. The number of sulfonamides is 1. The standard InChI is InChI=1S/C20H30N4O4S/c1-14-11-15(2)18(16(3)12-14)29(27,28)24-9-7-22(8-10-24)19(25)17-5-4-6-23(13-17)20(21)26/h11-12,17H,4-10,13H2,1-3H3,(H2,21,26)/t17-/m0/s1. The Morgan fingerprint density at radius 3 is 2.10 bits per heavy atom. The van der Waals surface area contributed by atoms with Crippen molar-refractivity contribution in [2.45, 2.75) is 38.5 Å². The highest BCUT2D eigenvalue weighted by Gasteiger charge is 2.35. The summed E-state index contributed by atoms with van der Waals surface area (Å²) in [4.78, 5) is 27.9. The lowest BCUT2D eigenvalue weighted by atomic mass is 9.96. The van der Waals surface area contributed by atoms with Gasteiger partial charge in [0.25, 0.3) is 0 Å². The number of aryl methyl sites for hydroxylation is 3. The highest BCUT2D eigenvalue weighted by Crippen LogP contribution is 2.27. The van der Waals surface area contributed by atoms with Crippen molar-refractivity contribution in [1.29, 1.82) is 0 Å². The molecule has 0 aliphatic carbocycles. The topological polar surface area (TPSA) is 104 Å². The Hall–Kier alpha value is -2.13. The van der Waals surface area contributed by atoms with Gasteiger partial charge in [0.05, 0.1) is 10.8 Å². The van der Waals surface area contributed by atoms with Crippen LogP contribution < -0.4 is 5.73 Å². The number of likely N-dealkylation sites (tertiary alicyclic amines) is 1. The molecule has 2 N–H and O–H groups in total. The third-order valence-electron chi connectivity index (χ3n) is 5.84. The van der Waals surface area contributed by atoms with E-state index in [9.17, 15) is 18.0 Å². The van der Waals surface area contributed by atoms with Crippen LogP contribution in [0.4, 0.5) is 4.79 Å². The molecule has 2 aliphatic rings. The monoisotopic (exact) mass is 422 g/mol. The van der Waals surface area contributed by atoms with Crippen LogP contribution in [0.3, 0.4) is 0 Å². The number of piperazine rings is 1. The SMILES string of the molecule is Cc1cc(C)c(S(=O)(=O)N2CCN(C(=O)[C@H]3CCCN(C(N)=O)C3)CC2)c(C)c1. The number of amides is 3. The molecule has 3 amide bonds. The van der Waals surface area contributed by atoms with Gasteiger partial charge in [-0.3, -0.25) is 4.79 Å². The van der Waals surface area contributed by atoms with Crippen LogP contribution in [0.1, 0.15) is 29.5 Å². The minimum absolute atomic E-state index is 0.0179. The van der Waals surface area contributed by atoms with E-state index in [0.29, 0.717) is 31.1 Å². The minimum atomic E-state index is -3.61. The summed E-state index contributed by atoms with van der Waals surface area (Å²) in [6.07, 6.45) is 1.47. The Labute approximate surface area is 172 Å².